The van der Waals surface area contributed by atoms with E-state index >= 15 is 8.78 Å². The normalized spacial score (nSPS) is 60.9. The van der Waals surface area contributed by atoms with Crippen LogP contribution in [0.1, 0.15) is 47.0 Å². The molecule has 1 spiro atoms. The van der Waals surface area contributed by atoms with E-state index in [1.165, 1.54) is 12.2 Å². The minimum atomic E-state index is -2.18. The highest BCUT2D eigenvalue weighted by Gasteiger charge is 2.93. The molecule has 0 aromatic carbocycles. The second-order valence-electron chi connectivity index (χ2n) is 11.8. The number of hydrogen-bond donors (Lipinski definition) is 2. The Morgan fingerprint density at radius 2 is 1.91 bits per heavy atom. The van der Waals surface area contributed by atoms with Crippen LogP contribution in [0.2, 0.25) is 0 Å². The smallest absolute Gasteiger partial charge is 0.193 e. The molecule has 4 saturated carbocycles. The summed E-state index contributed by atoms with van der Waals surface area (Å²) in [5.74, 6) is -4.16. The lowest BCUT2D eigenvalue weighted by Crippen LogP contribution is -2.69. The van der Waals surface area contributed by atoms with E-state index in [2.05, 4.69) is 0 Å². The van der Waals surface area contributed by atoms with E-state index in [0.717, 1.165) is 0 Å². The van der Waals surface area contributed by atoms with Crippen LogP contribution in [0.3, 0.4) is 0 Å². The van der Waals surface area contributed by atoms with Crippen molar-refractivity contribution in [3.63, 3.8) is 0 Å². The fourth-order valence-corrected chi connectivity index (χ4v) is 9.47. The van der Waals surface area contributed by atoms with Gasteiger partial charge in [-0.1, -0.05) is 19.9 Å². The van der Waals surface area contributed by atoms with Crippen LogP contribution in [-0.4, -0.2) is 63.8 Å². The zero-order valence-corrected chi connectivity index (χ0v) is 18.7. The number of aliphatic hydroxyl groups excluding tert-OH is 2. The topological polar surface area (TPSA) is 93.1 Å². The monoisotopic (exact) mass is 452 g/mol. The van der Waals surface area contributed by atoms with E-state index in [1.54, 1.807) is 27.7 Å². The Bertz CT molecular complexity index is 982. The van der Waals surface area contributed by atoms with E-state index in [4.69, 9.17) is 9.47 Å². The van der Waals surface area contributed by atoms with Gasteiger partial charge in [0.1, 0.15) is 18.4 Å². The average molecular weight is 452 g/mol. The Morgan fingerprint density at radius 3 is 2.56 bits per heavy atom. The van der Waals surface area contributed by atoms with E-state index in [-0.39, 0.29) is 25.0 Å². The maximum atomic E-state index is 17.2. The number of allylic oxidation sites excluding steroid dienone is 2. The summed E-state index contributed by atoms with van der Waals surface area (Å²) in [6.45, 7) is 5.97. The number of alkyl halides is 2. The number of carbonyl (C=O) groups excluding carboxylic acids is 2. The maximum Gasteiger partial charge on any atom is 0.193 e. The van der Waals surface area contributed by atoms with Crippen LogP contribution < -0.4 is 0 Å². The Balaban J connectivity index is 1.49. The van der Waals surface area contributed by atoms with Crippen molar-refractivity contribution in [2.45, 2.75) is 82.4 Å². The minimum Gasteiger partial charge on any atom is -0.390 e. The molecule has 0 radical (unpaired) electrons. The first-order valence-corrected chi connectivity index (χ1v) is 11.5. The second-order valence-corrected chi connectivity index (χ2v) is 11.8. The average Bonchev–Trinajstić information content (AvgIpc) is 2.90. The van der Waals surface area contributed by atoms with Gasteiger partial charge in [-0.2, -0.15) is 0 Å². The van der Waals surface area contributed by atoms with Gasteiger partial charge in [-0.25, -0.2) is 8.78 Å². The molecule has 1 heterocycles. The summed E-state index contributed by atoms with van der Waals surface area (Å²) in [6, 6.07) is 0. The van der Waals surface area contributed by atoms with Gasteiger partial charge < -0.3 is 19.7 Å². The van der Waals surface area contributed by atoms with Crippen LogP contribution in [0.4, 0.5) is 8.78 Å². The Labute approximate surface area is 185 Å². The predicted octanol–water partition coefficient (Wildman–Crippen LogP) is 2.06. The fourth-order valence-electron chi connectivity index (χ4n) is 9.47. The molecule has 32 heavy (non-hydrogen) atoms. The molecule has 0 unspecified atom stereocenters. The highest BCUT2D eigenvalue weighted by Crippen LogP contribution is 2.86. The maximum absolute atomic E-state index is 17.2. The van der Waals surface area contributed by atoms with Gasteiger partial charge >= 0.3 is 0 Å². The van der Waals surface area contributed by atoms with Gasteiger partial charge in [0.25, 0.3) is 0 Å². The zero-order valence-electron chi connectivity index (χ0n) is 18.7. The first kappa shape index (κ1) is 21.3. The summed E-state index contributed by atoms with van der Waals surface area (Å²) < 4.78 is 45.2. The van der Waals surface area contributed by atoms with E-state index in [0.29, 0.717) is 0 Å². The van der Waals surface area contributed by atoms with Crippen LogP contribution in [0.15, 0.2) is 12.2 Å². The third-order valence-electron chi connectivity index (χ3n) is 10.6. The quantitative estimate of drug-likeness (QED) is 0.666. The highest BCUT2D eigenvalue weighted by atomic mass is 19.1. The van der Waals surface area contributed by atoms with Crippen molar-refractivity contribution in [3.05, 3.63) is 12.2 Å². The van der Waals surface area contributed by atoms with Crippen LogP contribution in [0, 0.1) is 34.0 Å². The van der Waals surface area contributed by atoms with Crippen molar-refractivity contribution in [3.8, 4) is 0 Å². The van der Waals surface area contributed by atoms with Gasteiger partial charge in [-0.15, -0.1) is 0 Å². The lowest BCUT2D eigenvalue weighted by molar-refractivity contribution is -0.252. The molecule has 8 heteroatoms. The SMILES string of the molecule is CC1(C)O[C@@H]2C[C@H]3[C@@H]4C[C@H](F)[C@@]56C=CC(=O)[C@@H]5[C@]6(C)[C@@]4(F)[C@@H](O)C[C@]3(C)[C@]2(C(=O)CO)O1. The predicted molar refractivity (Wildman–Crippen MR) is 107 cm³/mol. The van der Waals surface area contributed by atoms with Crippen LogP contribution in [-0.2, 0) is 19.1 Å². The first-order chi connectivity index (χ1) is 14.8. The summed E-state index contributed by atoms with van der Waals surface area (Å²) in [4.78, 5) is 25.7. The van der Waals surface area contributed by atoms with Crippen molar-refractivity contribution < 1.29 is 38.1 Å². The number of hydrogen-bond acceptors (Lipinski definition) is 6. The Morgan fingerprint density at radius 1 is 1.22 bits per heavy atom. The van der Waals surface area contributed by atoms with Crippen molar-refractivity contribution in [2.24, 2.45) is 34.0 Å². The van der Waals surface area contributed by atoms with Gasteiger partial charge in [0.2, 0.25) is 0 Å². The van der Waals surface area contributed by atoms with Gasteiger partial charge in [-0.05, 0) is 45.1 Å². The molecule has 6 nitrogen and oxygen atoms in total. The number of fused-ring (bicyclic) bond motifs is 7. The van der Waals surface area contributed by atoms with Crippen LogP contribution in [0.5, 0.6) is 0 Å². The van der Waals surface area contributed by atoms with Crippen molar-refractivity contribution in [2.75, 3.05) is 6.61 Å². The number of halogens is 2. The molecular weight excluding hydrogens is 422 g/mol. The molecule has 0 aromatic rings. The lowest BCUT2D eigenvalue weighted by Gasteiger charge is -2.60. The third kappa shape index (κ3) is 1.78. The standard InChI is InChI=1S/C24H30F2O6/c1-19(2)31-17-8-11-12-7-14(25)22-6-5-13(28)18(22)21(22,4)23(12,26)15(29)9-20(11,3)24(17,32-19)16(30)10-27/h5-6,11-12,14-15,17-18,27,29H,7-10H2,1-4H3/t11-,12-,14-,15-,17+,18+,20-,21-,22-,23-,24+/m0/s1. The third-order valence-corrected chi connectivity index (χ3v) is 10.6. The van der Waals surface area contributed by atoms with Gasteiger partial charge in [0.15, 0.2) is 23.0 Å². The Hall–Kier alpha value is -1.22. The molecule has 0 bridgehead atoms. The molecule has 2 N–H and O–H groups in total. The summed E-state index contributed by atoms with van der Waals surface area (Å²) in [7, 11) is 0. The molecule has 176 valence electrons. The molecule has 5 fully saturated rings. The van der Waals surface area contributed by atoms with Crippen molar-refractivity contribution >= 4 is 11.6 Å². The molecule has 6 rings (SSSR count). The number of rotatable bonds is 2. The molecular formula is C24H30F2O6. The number of ether oxygens (including phenoxy) is 2. The van der Waals surface area contributed by atoms with Gasteiger partial charge in [0, 0.05) is 28.1 Å². The summed E-state index contributed by atoms with van der Waals surface area (Å²) >= 11 is 0. The summed E-state index contributed by atoms with van der Waals surface area (Å²) in [5.41, 5.74) is -7.32. The van der Waals surface area contributed by atoms with Crippen molar-refractivity contribution in [1.29, 1.82) is 0 Å². The van der Waals surface area contributed by atoms with E-state index in [1.807, 2.05) is 0 Å². The van der Waals surface area contributed by atoms with Crippen molar-refractivity contribution in [1.82, 2.24) is 0 Å². The molecule has 0 amide bonds. The number of aliphatic hydroxyl groups is 2. The molecule has 6 aliphatic rings. The number of ketones is 2. The Kier molecular flexibility index (Phi) is 3.69. The minimum absolute atomic E-state index is 0.0976. The van der Waals surface area contributed by atoms with Crippen LogP contribution in [0.25, 0.3) is 0 Å². The summed E-state index contributed by atoms with van der Waals surface area (Å²) in [5, 5.41) is 21.2. The molecule has 11 atom stereocenters. The zero-order chi connectivity index (χ0) is 23.3. The first-order valence-electron chi connectivity index (χ1n) is 11.5. The van der Waals surface area contributed by atoms with Gasteiger partial charge in [-0.3, -0.25) is 9.59 Å². The molecule has 1 saturated heterocycles. The molecule has 5 aliphatic carbocycles. The van der Waals surface area contributed by atoms with Gasteiger partial charge in [0.05, 0.1) is 12.2 Å². The highest BCUT2D eigenvalue weighted by molar-refractivity contribution is 6.01. The molecule has 1 aliphatic heterocycles. The summed E-state index contributed by atoms with van der Waals surface area (Å²) in [6.07, 6.45) is -0.770. The number of carbonyl (C=O) groups is 2. The van der Waals surface area contributed by atoms with Crippen LogP contribution >= 0.6 is 0 Å². The fraction of sp³-hybridized carbons (Fsp3) is 0.833. The van der Waals surface area contributed by atoms with E-state index in [9.17, 15) is 19.8 Å². The number of Topliss-reactive ketones (excluding diaryl/α,β-unsaturated/α-hetero) is 1. The second kappa shape index (κ2) is 5.53. The van der Waals surface area contributed by atoms with E-state index < -0.39 is 81.8 Å². The lowest BCUT2D eigenvalue weighted by atomic mass is 9.47. The largest absolute Gasteiger partial charge is 0.390 e. The molecule has 0 aromatic heterocycles.